The molecule has 10 heteroatoms. The van der Waals surface area contributed by atoms with Crippen molar-refractivity contribution in [2.75, 3.05) is 26.1 Å². The number of anilines is 1. The Hall–Kier alpha value is -4.39. The van der Waals surface area contributed by atoms with Gasteiger partial charge in [0, 0.05) is 23.9 Å². The van der Waals surface area contributed by atoms with Crippen LogP contribution < -0.4 is 19.5 Å². The van der Waals surface area contributed by atoms with Crippen LogP contribution in [0.5, 0.6) is 17.2 Å². The summed E-state index contributed by atoms with van der Waals surface area (Å²) in [6, 6.07) is 14.2. The van der Waals surface area contributed by atoms with Crippen LogP contribution in [0.4, 0.5) is 29.3 Å². The molecule has 186 valence electrons. The maximum atomic E-state index is 13.5. The summed E-state index contributed by atoms with van der Waals surface area (Å²) in [4.78, 5) is 18.4. The number of alkyl halides is 3. The zero-order valence-electron chi connectivity index (χ0n) is 19.4. The van der Waals surface area contributed by atoms with E-state index >= 15 is 0 Å². The number of rotatable bonds is 5. The molecule has 0 aliphatic carbocycles. The molecule has 3 aromatic rings. The molecular weight excluding hydrogens is 475 g/mol. The number of amides is 2. The number of fused-ring (bicyclic) bond motifs is 1. The van der Waals surface area contributed by atoms with Crippen LogP contribution in [0, 0.1) is 6.57 Å². The molecule has 0 radical (unpaired) electrons. The lowest BCUT2D eigenvalue weighted by molar-refractivity contribution is -0.274. The average molecular weight is 497 g/mol. The molecule has 1 heterocycles. The van der Waals surface area contributed by atoms with Crippen molar-refractivity contribution in [1.82, 2.24) is 4.90 Å². The first-order valence-electron chi connectivity index (χ1n) is 10.9. The number of methoxy groups -OCH3 is 2. The van der Waals surface area contributed by atoms with Gasteiger partial charge in [0.1, 0.15) is 17.2 Å². The summed E-state index contributed by atoms with van der Waals surface area (Å²) in [5, 5.41) is 2.80. The Kier molecular flexibility index (Phi) is 6.92. The summed E-state index contributed by atoms with van der Waals surface area (Å²) >= 11 is 0. The van der Waals surface area contributed by atoms with Crippen molar-refractivity contribution >= 4 is 17.4 Å². The van der Waals surface area contributed by atoms with Crippen LogP contribution in [-0.2, 0) is 6.42 Å². The van der Waals surface area contributed by atoms with Crippen LogP contribution in [0.25, 0.3) is 4.85 Å². The molecule has 2 amide bonds. The largest absolute Gasteiger partial charge is 0.573 e. The first-order chi connectivity index (χ1) is 17.2. The number of nitrogens with one attached hydrogen (secondary N) is 1. The van der Waals surface area contributed by atoms with Gasteiger partial charge in [-0.25, -0.2) is 9.64 Å². The Morgan fingerprint density at radius 1 is 1.06 bits per heavy atom. The second-order valence-corrected chi connectivity index (χ2v) is 7.96. The number of nitrogens with zero attached hydrogens (tertiary/aromatic N) is 2. The first kappa shape index (κ1) is 24.7. The van der Waals surface area contributed by atoms with E-state index in [1.54, 1.807) is 36.4 Å². The molecule has 3 aromatic carbocycles. The van der Waals surface area contributed by atoms with Crippen molar-refractivity contribution in [3.63, 3.8) is 0 Å². The topological polar surface area (TPSA) is 64.4 Å². The van der Waals surface area contributed by atoms with Crippen molar-refractivity contribution in [2.24, 2.45) is 0 Å². The van der Waals surface area contributed by atoms with Crippen LogP contribution in [0.3, 0.4) is 0 Å². The van der Waals surface area contributed by atoms with Gasteiger partial charge in [-0.15, -0.1) is 13.2 Å². The minimum atomic E-state index is -4.86. The monoisotopic (exact) mass is 497 g/mol. The van der Waals surface area contributed by atoms with Gasteiger partial charge >= 0.3 is 12.4 Å². The highest BCUT2D eigenvalue weighted by atomic mass is 19.4. The van der Waals surface area contributed by atoms with Gasteiger partial charge in [-0.05, 0) is 47.9 Å². The van der Waals surface area contributed by atoms with E-state index in [1.165, 1.54) is 37.3 Å². The van der Waals surface area contributed by atoms with Gasteiger partial charge in [0.25, 0.3) is 0 Å². The van der Waals surface area contributed by atoms with Gasteiger partial charge in [0.05, 0.1) is 26.8 Å². The molecule has 0 spiro atoms. The van der Waals surface area contributed by atoms with Gasteiger partial charge in [0.15, 0.2) is 5.69 Å². The number of benzene rings is 3. The number of carbonyl (C=O) groups excluding carboxylic acids is 1. The fourth-order valence-corrected chi connectivity index (χ4v) is 4.28. The van der Waals surface area contributed by atoms with Gasteiger partial charge in [-0.1, -0.05) is 24.3 Å². The predicted molar refractivity (Wildman–Crippen MR) is 127 cm³/mol. The fourth-order valence-electron chi connectivity index (χ4n) is 4.28. The third-order valence-electron chi connectivity index (χ3n) is 5.76. The SMILES string of the molecule is [C-]#[N+]c1cccc(NC(=O)N2CCc3cc(OC)cc(OC)c3C2c2cccc(OC(F)(F)F)c2)c1. The normalized spacial score (nSPS) is 14.9. The molecule has 7 nitrogen and oxygen atoms in total. The lowest BCUT2D eigenvalue weighted by Gasteiger charge is -2.38. The lowest BCUT2D eigenvalue weighted by Crippen LogP contribution is -2.43. The molecule has 1 aliphatic heterocycles. The fraction of sp³-hybridized carbons (Fsp3) is 0.231. The summed E-state index contributed by atoms with van der Waals surface area (Å²) in [5.74, 6) is 0.598. The number of hydrogen-bond acceptors (Lipinski definition) is 4. The highest BCUT2D eigenvalue weighted by Crippen LogP contribution is 2.44. The molecule has 36 heavy (non-hydrogen) atoms. The summed E-state index contributed by atoms with van der Waals surface area (Å²) in [6.07, 6.45) is -4.40. The maximum Gasteiger partial charge on any atom is 0.573 e. The van der Waals surface area contributed by atoms with Crippen LogP contribution in [0.1, 0.15) is 22.7 Å². The standard InChI is InChI=1S/C26H22F3N3O4/c1-30-18-7-5-8-19(14-18)31-25(33)32-11-10-16-12-21(34-2)15-22(35-3)23(16)24(32)17-6-4-9-20(13-17)36-26(27,28)29/h4-9,12-15,24H,10-11H2,2-3H3,(H,31,33). The van der Waals surface area contributed by atoms with Crippen molar-refractivity contribution in [3.8, 4) is 17.2 Å². The zero-order chi connectivity index (χ0) is 25.9. The number of carbonyl (C=O) groups is 1. The highest BCUT2D eigenvalue weighted by molar-refractivity contribution is 5.91. The predicted octanol–water partition coefficient (Wildman–Crippen LogP) is 6.33. The van der Waals surface area contributed by atoms with Crippen molar-refractivity contribution in [3.05, 3.63) is 88.8 Å². The molecular formula is C26H22F3N3O4. The van der Waals surface area contributed by atoms with Crippen LogP contribution in [-0.4, -0.2) is 38.1 Å². The van der Waals surface area contributed by atoms with E-state index < -0.39 is 24.2 Å². The van der Waals surface area contributed by atoms with Crippen molar-refractivity contribution in [2.45, 2.75) is 18.8 Å². The van der Waals surface area contributed by atoms with Crippen LogP contribution >= 0.6 is 0 Å². The molecule has 0 saturated carbocycles. The first-order valence-corrected chi connectivity index (χ1v) is 10.9. The second-order valence-electron chi connectivity index (χ2n) is 7.96. The molecule has 1 atom stereocenters. The van der Waals surface area contributed by atoms with Crippen LogP contribution in [0.15, 0.2) is 60.7 Å². The molecule has 0 bridgehead atoms. The molecule has 1 aliphatic rings. The van der Waals surface area contributed by atoms with E-state index in [4.69, 9.17) is 16.0 Å². The maximum absolute atomic E-state index is 13.5. The summed E-state index contributed by atoms with van der Waals surface area (Å²) in [5.41, 5.74) is 2.68. The Morgan fingerprint density at radius 2 is 1.83 bits per heavy atom. The van der Waals surface area contributed by atoms with E-state index in [-0.39, 0.29) is 6.54 Å². The third-order valence-corrected chi connectivity index (χ3v) is 5.76. The Labute approximate surface area is 205 Å². The molecule has 1 unspecified atom stereocenters. The summed E-state index contributed by atoms with van der Waals surface area (Å²) < 4.78 is 53.9. The zero-order valence-corrected chi connectivity index (χ0v) is 19.4. The smallest absolute Gasteiger partial charge is 0.497 e. The van der Waals surface area contributed by atoms with E-state index in [0.29, 0.717) is 40.4 Å². The van der Waals surface area contributed by atoms with Crippen molar-refractivity contribution < 1.29 is 32.2 Å². The van der Waals surface area contributed by atoms with Gasteiger partial charge in [0.2, 0.25) is 0 Å². The van der Waals surface area contributed by atoms with Gasteiger partial charge in [-0.3, -0.25) is 0 Å². The Balaban J connectivity index is 1.80. The number of hydrogen-bond donors (Lipinski definition) is 1. The second kappa shape index (κ2) is 10.1. The lowest BCUT2D eigenvalue weighted by atomic mass is 9.87. The molecule has 0 fully saturated rings. The number of halogens is 3. The van der Waals surface area contributed by atoms with Gasteiger partial charge < -0.3 is 24.4 Å². The summed E-state index contributed by atoms with van der Waals surface area (Å²) in [6.45, 7) is 7.46. The van der Waals surface area contributed by atoms with Gasteiger partial charge in [-0.2, -0.15) is 0 Å². The van der Waals surface area contributed by atoms with E-state index in [1.807, 2.05) is 6.07 Å². The average Bonchev–Trinajstić information content (AvgIpc) is 2.86. The quantitative estimate of drug-likeness (QED) is 0.418. The number of urea groups is 1. The third kappa shape index (κ3) is 5.30. The Morgan fingerprint density at radius 3 is 2.53 bits per heavy atom. The molecule has 1 N–H and O–H groups in total. The van der Waals surface area contributed by atoms with Crippen LogP contribution in [0.2, 0.25) is 0 Å². The van der Waals surface area contributed by atoms with E-state index in [9.17, 15) is 18.0 Å². The van der Waals surface area contributed by atoms with E-state index in [0.717, 1.165) is 5.56 Å². The van der Waals surface area contributed by atoms with E-state index in [2.05, 4.69) is 14.9 Å². The molecule has 4 rings (SSSR count). The highest BCUT2D eigenvalue weighted by Gasteiger charge is 2.36. The minimum absolute atomic E-state index is 0.271. The Bertz CT molecular complexity index is 1300. The minimum Gasteiger partial charge on any atom is -0.497 e. The van der Waals surface area contributed by atoms with Crippen molar-refractivity contribution in [1.29, 1.82) is 0 Å². The molecule has 0 aromatic heterocycles. The summed E-state index contributed by atoms with van der Waals surface area (Å²) in [7, 11) is 3.00. The molecule has 0 saturated heterocycles. The number of ether oxygens (including phenoxy) is 3.